The molecule has 0 aliphatic heterocycles. The largest absolute Gasteiger partial charge is 0.462 e. The first-order valence-electron chi connectivity index (χ1n) is 4.62. The summed E-state index contributed by atoms with van der Waals surface area (Å²) < 4.78 is 4.88. The fraction of sp³-hybridized carbons (Fsp3) is 0.200. The van der Waals surface area contributed by atoms with Crippen LogP contribution in [-0.4, -0.2) is 22.5 Å². The van der Waals surface area contributed by atoms with Gasteiger partial charge in [0.15, 0.2) is 0 Å². The van der Waals surface area contributed by atoms with Crippen LogP contribution in [0.25, 0.3) is 10.9 Å². The summed E-state index contributed by atoms with van der Waals surface area (Å²) in [5.41, 5.74) is 1.19. The standard InChI is InChI=1S/C10H11N3O2/c1-2-15-10(14)7-3-4-8-6-12-13(11)9(8)5-7/h3-6H,2,11H2,1H3. The summed E-state index contributed by atoms with van der Waals surface area (Å²) in [6.45, 7) is 2.13. The van der Waals surface area contributed by atoms with Crippen molar-refractivity contribution >= 4 is 16.9 Å². The second-order valence-electron chi connectivity index (χ2n) is 3.08. The van der Waals surface area contributed by atoms with Crippen molar-refractivity contribution in [2.45, 2.75) is 6.92 Å². The first kappa shape index (κ1) is 9.51. The molecule has 0 fully saturated rings. The van der Waals surface area contributed by atoms with Gasteiger partial charge in [0.05, 0.1) is 23.9 Å². The average Bonchev–Trinajstić information content (AvgIpc) is 2.60. The minimum absolute atomic E-state index is 0.347. The minimum atomic E-state index is -0.347. The summed E-state index contributed by atoms with van der Waals surface area (Å²) in [4.78, 5) is 12.7. The molecule has 0 radical (unpaired) electrons. The molecule has 2 N–H and O–H groups in total. The van der Waals surface area contributed by atoms with Crippen molar-refractivity contribution in [3.05, 3.63) is 30.0 Å². The Kier molecular flexibility index (Phi) is 2.29. The molecule has 0 bridgehead atoms. The van der Waals surface area contributed by atoms with Crippen molar-refractivity contribution in [1.82, 2.24) is 9.89 Å². The number of hydrogen-bond acceptors (Lipinski definition) is 4. The molecule has 0 aliphatic carbocycles. The highest BCUT2D eigenvalue weighted by molar-refractivity contribution is 5.94. The highest BCUT2D eigenvalue weighted by Crippen LogP contribution is 2.14. The van der Waals surface area contributed by atoms with Crippen molar-refractivity contribution in [1.29, 1.82) is 0 Å². The highest BCUT2D eigenvalue weighted by atomic mass is 16.5. The molecule has 0 aliphatic rings. The molecule has 5 heteroatoms. The van der Waals surface area contributed by atoms with Crippen LogP contribution in [0.15, 0.2) is 24.4 Å². The Hall–Kier alpha value is -2.04. The van der Waals surface area contributed by atoms with Crippen LogP contribution in [0.5, 0.6) is 0 Å². The number of rotatable bonds is 2. The van der Waals surface area contributed by atoms with Crippen LogP contribution in [0, 0.1) is 0 Å². The van der Waals surface area contributed by atoms with E-state index in [2.05, 4.69) is 5.10 Å². The SMILES string of the molecule is CCOC(=O)c1ccc2cnn(N)c2c1. The second-order valence-corrected chi connectivity index (χ2v) is 3.08. The van der Waals surface area contributed by atoms with E-state index in [4.69, 9.17) is 10.6 Å². The van der Waals surface area contributed by atoms with E-state index in [0.717, 1.165) is 5.39 Å². The predicted octanol–water partition coefficient (Wildman–Crippen LogP) is 0.927. The van der Waals surface area contributed by atoms with E-state index in [1.54, 1.807) is 31.3 Å². The van der Waals surface area contributed by atoms with Crippen LogP contribution in [0.4, 0.5) is 0 Å². The van der Waals surface area contributed by atoms with Gasteiger partial charge >= 0.3 is 5.97 Å². The molecule has 0 spiro atoms. The van der Waals surface area contributed by atoms with Crippen molar-refractivity contribution in [2.75, 3.05) is 12.4 Å². The van der Waals surface area contributed by atoms with Gasteiger partial charge in [0.1, 0.15) is 0 Å². The van der Waals surface area contributed by atoms with Gasteiger partial charge in [-0.1, -0.05) is 6.07 Å². The molecule has 0 unspecified atom stereocenters. The van der Waals surface area contributed by atoms with Gasteiger partial charge < -0.3 is 10.6 Å². The number of nitrogen functional groups attached to an aromatic ring is 1. The van der Waals surface area contributed by atoms with Crippen LogP contribution in [0.3, 0.4) is 0 Å². The fourth-order valence-electron chi connectivity index (χ4n) is 1.38. The molecular formula is C10H11N3O2. The third kappa shape index (κ3) is 1.63. The lowest BCUT2D eigenvalue weighted by Gasteiger charge is -2.01. The quantitative estimate of drug-likeness (QED) is 0.584. The topological polar surface area (TPSA) is 70.1 Å². The number of carbonyl (C=O) groups excluding carboxylic acids is 1. The Morgan fingerprint density at radius 3 is 3.13 bits per heavy atom. The Morgan fingerprint density at radius 1 is 1.60 bits per heavy atom. The maximum absolute atomic E-state index is 11.4. The van der Waals surface area contributed by atoms with Gasteiger partial charge in [-0.05, 0) is 19.1 Å². The molecule has 0 saturated carbocycles. The van der Waals surface area contributed by atoms with Gasteiger partial charge in [0, 0.05) is 5.39 Å². The van der Waals surface area contributed by atoms with Crippen molar-refractivity contribution in [3.63, 3.8) is 0 Å². The molecule has 1 aromatic carbocycles. The van der Waals surface area contributed by atoms with Crippen LogP contribution < -0.4 is 5.84 Å². The van der Waals surface area contributed by atoms with E-state index >= 15 is 0 Å². The van der Waals surface area contributed by atoms with Crippen LogP contribution in [0.1, 0.15) is 17.3 Å². The van der Waals surface area contributed by atoms with E-state index in [0.29, 0.717) is 17.7 Å². The van der Waals surface area contributed by atoms with Gasteiger partial charge in [-0.2, -0.15) is 9.89 Å². The summed E-state index contributed by atoms with van der Waals surface area (Å²) in [6, 6.07) is 5.15. The van der Waals surface area contributed by atoms with Crippen molar-refractivity contribution in [2.24, 2.45) is 0 Å². The summed E-state index contributed by atoms with van der Waals surface area (Å²) in [6.07, 6.45) is 1.64. The number of fused-ring (bicyclic) bond motifs is 1. The molecule has 0 atom stereocenters. The van der Waals surface area contributed by atoms with E-state index < -0.39 is 0 Å². The Morgan fingerprint density at radius 2 is 2.40 bits per heavy atom. The van der Waals surface area contributed by atoms with E-state index in [1.165, 1.54) is 4.79 Å². The maximum Gasteiger partial charge on any atom is 0.338 e. The smallest absolute Gasteiger partial charge is 0.338 e. The van der Waals surface area contributed by atoms with Gasteiger partial charge in [-0.15, -0.1) is 0 Å². The van der Waals surface area contributed by atoms with Crippen LogP contribution in [-0.2, 0) is 4.74 Å². The number of benzene rings is 1. The first-order chi connectivity index (χ1) is 7.22. The number of carbonyl (C=O) groups is 1. The number of nitrogens with two attached hydrogens (primary N) is 1. The first-order valence-corrected chi connectivity index (χ1v) is 4.62. The molecule has 2 aromatic rings. The molecule has 0 saturated heterocycles. The summed E-state index contributed by atoms with van der Waals surface area (Å²) in [5.74, 6) is 5.23. The molecule has 1 heterocycles. The third-order valence-electron chi connectivity index (χ3n) is 2.11. The van der Waals surface area contributed by atoms with Gasteiger partial charge in [-0.3, -0.25) is 0 Å². The second kappa shape index (κ2) is 3.61. The maximum atomic E-state index is 11.4. The predicted molar refractivity (Wildman–Crippen MR) is 55.8 cm³/mol. The number of hydrogen-bond donors (Lipinski definition) is 1. The zero-order valence-electron chi connectivity index (χ0n) is 8.30. The molecule has 15 heavy (non-hydrogen) atoms. The number of esters is 1. The monoisotopic (exact) mass is 205 g/mol. The van der Waals surface area contributed by atoms with Gasteiger partial charge in [0.2, 0.25) is 0 Å². The molecule has 78 valence electrons. The molecule has 5 nitrogen and oxygen atoms in total. The fourth-order valence-corrected chi connectivity index (χ4v) is 1.38. The Bertz CT molecular complexity index is 504. The zero-order valence-corrected chi connectivity index (χ0v) is 8.30. The third-order valence-corrected chi connectivity index (χ3v) is 2.11. The lowest BCUT2D eigenvalue weighted by Crippen LogP contribution is -2.10. The van der Waals surface area contributed by atoms with Crippen LogP contribution in [0.2, 0.25) is 0 Å². The lowest BCUT2D eigenvalue weighted by molar-refractivity contribution is 0.0526. The lowest BCUT2D eigenvalue weighted by atomic mass is 10.2. The normalized spacial score (nSPS) is 10.5. The summed E-state index contributed by atoms with van der Waals surface area (Å²) >= 11 is 0. The molecule has 0 amide bonds. The molecule has 2 rings (SSSR count). The summed E-state index contributed by atoms with van der Waals surface area (Å²) in [5, 5.41) is 4.78. The minimum Gasteiger partial charge on any atom is -0.462 e. The highest BCUT2D eigenvalue weighted by Gasteiger charge is 2.08. The average molecular weight is 205 g/mol. The van der Waals surface area contributed by atoms with Gasteiger partial charge in [-0.25, -0.2) is 4.79 Å². The zero-order chi connectivity index (χ0) is 10.8. The van der Waals surface area contributed by atoms with Gasteiger partial charge in [0.25, 0.3) is 0 Å². The van der Waals surface area contributed by atoms with Crippen molar-refractivity contribution in [3.8, 4) is 0 Å². The van der Waals surface area contributed by atoms with E-state index in [-0.39, 0.29) is 5.97 Å². The van der Waals surface area contributed by atoms with Crippen molar-refractivity contribution < 1.29 is 9.53 Å². The number of ether oxygens (including phenoxy) is 1. The Balaban J connectivity index is 2.45. The van der Waals surface area contributed by atoms with E-state index in [9.17, 15) is 4.79 Å². The summed E-state index contributed by atoms with van der Waals surface area (Å²) in [7, 11) is 0. The number of nitrogens with zero attached hydrogens (tertiary/aromatic N) is 2. The molecular weight excluding hydrogens is 194 g/mol. The van der Waals surface area contributed by atoms with E-state index in [1.807, 2.05) is 0 Å². The Labute approximate surface area is 86.4 Å². The number of aromatic nitrogens is 2. The van der Waals surface area contributed by atoms with Crippen LogP contribution >= 0.6 is 0 Å². The molecule has 1 aromatic heterocycles.